The van der Waals surface area contributed by atoms with Crippen molar-refractivity contribution < 1.29 is 14.0 Å². The molecule has 0 atom stereocenters. The first kappa shape index (κ1) is 22.4. The standard InChI is InChI=1S/C23H30FN3O2/c1-16(2)11-23(29)25-21-9-10-22(26(4)5)19(13-21)15-27(17(3)28)14-18-7-6-8-20(24)12-18/h6-10,12-13,16H,11,14-15H2,1-5H3,(H,25,29). The largest absolute Gasteiger partial charge is 0.377 e. The van der Waals surface area contributed by atoms with Gasteiger partial charge in [-0.1, -0.05) is 26.0 Å². The van der Waals surface area contributed by atoms with Gasteiger partial charge in [-0.2, -0.15) is 0 Å². The molecule has 5 nitrogen and oxygen atoms in total. The minimum atomic E-state index is -0.324. The van der Waals surface area contributed by atoms with Crippen LogP contribution in [0.3, 0.4) is 0 Å². The fourth-order valence-corrected chi connectivity index (χ4v) is 3.15. The van der Waals surface area contributed by atoms with Gasteiger partial charge in [-0.3, -0.25) is 9.59 Å². The molecular weight excluding hydrogens is 369 g/mol. The van der Waals surface area contributed by atoms with Gasteiger partial charge in [0.25, 0.3) is 0 Å². The van der Waals surface area contributed by atoms with Gasteiger partial charge in [-0.05, 0) is 47.4 Å². The van der Waals surface area contributed by atoms with Crippen molar-refractivity contribution in [1.82, 2.24) is 4.90 Å². The Morgan fingerprint density at radius 1 is 1.07 bits per heavy atom. The van der Waals surface area contributed by atoms with Gasteiger partial charge < -0.3 is 15.1 Å². The summed E-state index contributed by atoms with van der Waals surface area (Å²) in [5.41, 5.74) is 3.29. The predicted molar refractivity (Wildman–Crippen MR) is 115 cm³/mol. The average Bonchev–Trinajstić information content (AvgIpc) is 2.60. The number of carbonyl (C=O) groups is 2. The molecule has 2 aromatic rings. The van der Waals surface area contributed by atoms with Crippen molar-refractivity contribution in [3.8, 4) is 0 Å². The average molecular weight is 400 g/mol. The molecule has 2 amide bonds. The SMILES string of the molecule is CC(=O)N(Cc1cccc(F)c1)Cc1cc(NC(=O)CC(C)C)ccc1N(C)C. The van der Waals surface area contributed by atoms with E-state index in [9.17, 15) is 14.0 Å². The number of benzene rings is 2. The van der Waals surface area contributed by atoms with Crippen LogP contribution in [0.5, 0.6) is 0 Å². The lowest BCUT2D eigenvalue weighted by molar-refractivity contribution is -0.130. The van der Waals surface area contributed by atoms with Crippen LogP contribution in [0.25, 0.3) is 0 Å². The Morgan fingerprint density at radius 2 is 1.79 bits per heavy atom. The molecule has 0 aromatic heterocycles. The van der Waals surface area contributed by atoms with Gasteiger partial charge in [0.15, 0.2) is 0 Å². The van der Waals surface area contributed by atoms with Crippen LogP contribution in [0.15, 0.2) is 42.5 Å². The van der Waals surface area contributed by atoms with Gasteiger partial charge >= 0.3 is 0 Å². The molecule has 2 aromatic carbocycles. The molecule has 6 heteroatoms. The third kappa shape index (κ3) is 6.89. The first-order valence-electron chi connectivity index (χ1n) is 9.75. The molecule has 1 N–H and O–H groups in total. The molecule has 2 rings (SSSR count). The normalized spacial score (nSPS) is 10.7. The highest BCUT2D eigenvalue weighted by atomic mass is 19.1. The Labute approximate surface area is 172 Å². The van der Waals surface area contributed by atoms with Crippen molar-refractivity contribution in [2.24, 2.45) is 5.92 Å². The zero-order chi connectivity index (χ0) is 21.6. The van der Waals surface area contributed by atoms with Crippen LogP contribution in [0, 0.1) is 11.7 Å². The number of anilines is 2. The Hall–Kier alpha value is -2.89. The van der Waals surface area contributed by atoms with Gasteiger partial charge in [0.2, 0.25) is 11.8 Å². The van der Waals surface area contributed by atoms with Crippen molar-refractivity contribution in [3.05, 3.63) is 59.4 Å². The molecule has 0 heterocycles. The summed E-state index contributed by atoms with van der Waals surface area (Å²) in [6.45, 7) is 6.16. The van der Waals surface area contributed by atoms with E-state index in [0.29, 0.717) is 25.2 Å². The highest BCUT2D eigenvalue weighted by Crippen LogP contribution is 2.25. The van der Waals surface area contributed by atoms with Gasteiger partial charge in [0, 0.05) is 51.9 Å². The minimum Gasteiger partial charge on any atom is -0.377 e. The number of hydrogen-bond acceptors (Lipinski definition) is 3. The van der Waals surface area contributed by atoms with Crippen molar-refractivity contribution >= 4 is 23.2 Å². The highest BCUT2D eigenvalue weighted by molar-refractivity contribution is 5.91. The quantitative estimate of drug-likeness (QED) is 0.715. The first-order valence-corrected chi connectivity index (χ1v) is 9.75. The molecular formula is C23H30FN3O2. The number of nitrogens with zero attached hydrogens (tertiary/aromatic N) is 2. The van der Waals surface area contributed by atoms with E-state index in [4.69, 9.17) is 0 Å². The van der Waals surface area contributed by atoms with E-state index >= 15 is 0 Å². The molecule has 0 saturated carbocycles. The topological polar surface area (TPSA) is 52.7 Å². The summed E-state index contributed by atoms with van der Waals surface area (Å²) in [5.74, 6) is -0.190. The summed E-state index contributed by atoms with van der Waals surface area (Å²) >= 11 is 0. The summed E-state index contributed by atoms with van der Waals surface area (Å²) in [4.78, 5) is 28.0. The Bertz CT molecular complexity index is 865. The summed E-state index contributed by atoms with van der Waals surface area (Å²) in [5, 5.41) is 2.93. The second kappa shape index (κ2) is 10.0. The van der Waals surface area contributed by atoms with Gasteiger partial charge in [0.1, 0.15) is 5.82 Å². The van der Waals surface area contributed by atoms with E-state index in [2.05, 4.69) is 5.32 Å². The summed E-state index contributed by atoms with van der Waals surface area (Å²) < 4.78 is 13.5. The summed E-state index contributed by atoms with van der Waals surface area (Å²) in [7, 11) is 3.86. The van der Waals surface area contributed by atoms with Crippen LogP contribution >= 0.6 is 0 Å². The molecule has 0 radical (unpaired) electrons. The maximum atomic E-state index is 13.5. The third-order valence-corrected chi connectivity index (χ3v) is 4.51. The lowest BCUT2D eigenvalue weighted by Gasteiger charge is -2.25. The highest BCUT2D eigenvalue weighted by Gasteiger charge is 2.15. The monoisotopic (exact) mass is 399 g/mol. The van der Waals surface area contributed by atoms with Crippen LogP contribution < -0.4 is 10.2 Å². The van der Waals surface area contributed by atoms with Crippen molar-refractivity contribution in [2.75, 3.05) is 24.3 Å². The molecule has 0 aliphatic heterocycles. The van der Waals surface area contributed by atoms with E-state index < -0.39 is 0 Å². The van der Waals surface area contributed by atoms with Crippen molar-refractivity contribution in [3.63, 3.8) is 0 Å². The maximum Gasteiger partial charge on any atom is 0.224 e. The first-order chi connectivity index (χ1) is 13.7. The molecule has 29 heavy (non-hydrogen) atoms. The van der Waals surface area contributed by atoms with E-state index in [0.717, 1.165) is 16.8 Å². The van der Waals surface area contributed by atoms with Crippen LogP contribution in [0.2, 0.25) is 0 Å². The van der Waals surface area contributed by atoms with Crippen LogP contribution in [0.4, 0.5) is 15.8 Å². The Morgan fingerprint density at radius 3 is 2.38 bits per heavy atom. The van der Waals surface area contributed by atoms with E-state index in [1.54, 1.807) is 17.0 Å². The number of carbonyl (C=O) groups excluding carboxylic acids is 2. The molecule has 0 fully saturated rings. The van der Waals surface area contributed by atoms with Crippen LogP contribution in [0.1, 0.15) is 38.3 Å². The third-order valence-electron chi connectivity index (χ3n) is 4.51. The number of amides is 2. The zero-order valence-electron chi connectivity index (χ0n) is 17.8. The summed E-state index contributed by atoms with van der Waals surface area (Å²) in [6.07, 6.45) is 0.448. The smallest absolute Gasteiger partial charge is 0.224 e. The number of halogens is 1. The Kier molecular flexibility index (Phi) is 7.76. The minimum absolute atomic E-state index is 0.0354. The number of hydrogen-bond donors (Lipinski definition) is 1. The Balaban J connectivity index is 2.27. The predicted octanol–water partition coefficient (Wildman–Crippen LogP) is 4.43. The fraction of sp³-hybridized carbons (Fsp3) is 0.391. The lowest BCUT2D eigenvalue weighted by Crippen LogP contribution is -2.28. The zero-order valence-corrected chi connectivity index (χ0v) is 17.8. The second-order valence-electron chi connectivity index (χ2n) is 7.89. The van der Waals surface area contributed by atoms with E-state index in [1.165, 1.54) is 19.1 Å². The van der Waals surface area contributed by atoms with E-state index in [-0.39, 0.29) is 23.5 Å². The van der Waals surface area contributed by atoms with Crippen molar-refractivity contribution in [1.29, 1.82) is 0 Å². The summed E-state index contributed by atoms with van der Waals surface area (Å²) in [6, 6.07) is 12.0. The van der Waals surface area contributed by atoms with Crippen molar-refractivity contribution in [2.45, 2.75) is 40.3 Å². The lowest BCUT2D eigenvalue weighted by atomic mass is 10.1. The second-order valence-corrected chi connectivity index (χ2v) is 7.89. The van der Waals surface area contributed by atoms with Gasteiger partial charge in [0.05, 0.1) is 0 Å². The van der Waals surface area contributed by atoms with Crippen LogP contribution in [-0.4, -0.2) is 30.8 Å². The van der Waals surface area contributed by atoms with Crippen LogP contribution in [-0.2, 0) is 22.7 Å². The van der Waals surface area contributed by atoms with E-state index in [1.807, 2.05) is 51.0 Å². The van der Waals surface area contributed by atoms with Gasteiger partial charge in [-0.25, -0.2) is 4.39 Å². The molecule has 0 aliphatic rings. The molecule has 156 valence electrons. The molecule has 0 saturated heterocycles. The number of rotatable bonds is 8. The molecule has 0 aliphatic carbocycles. The fourth-order valence-electron chi connectivity index (χ4n) is 3.15. The molecule has 0 unspecified atom stereocenters. The van der Waals surface area contributed by atoms with Gasteiger partial charge in [-0.15, -0.1) is 0 Å². The molecule has 0 spiro atoms. The molecule has 0 bridgehead atoms. The number of nitrogens with one attached hydrogen (secondary N) is 1. The maximum absolute atomic E-state index is 13.5.